The van der Waals surface area contributed by atoms with Crippen LogP contribution in [0, 0.1) is 0 Å². The molecule has 1 aromatic heterocycles. The Kier molecular flexibility index (Phi) is 3.38. The third-order valence-electron chi connectivity index (χ3n) is 1.85. The van der Waals surface area contributed by atoms with Gasteiger partial charge in [0.15, 0.2) is 0 Å². The van der Waals surface area contributed by atoms with Crippen molar-refractivity contribution in [3.05, 3.63) is 35.0 Å². The van der Waals surface area contributed by atoms with Crippen molar-refractivity contribution in [3.63, 3.8) is 0 Å². The molecule has 0 spiro atoms. The quantitative estimate of drug-likeness (QED) is 0.736. The minimum Gasteiger partial charge on any atom is -0.507 e. The Morgan fingerprint density at radius 3 is 2.57 bits per heavy atom. The first-order valence-electron chi connectivity index (χ1n) is 3.88. The smallest absolute Gasteiger partial charge is 0.125 e. The number of hydrogen-bond donors (Lipinski definition) is 2. The molecule has 14 heavy (non-hydrogen) atoms. The van der Waals surface area contributed by atoms with Gasteiger partial charge in [-0.2, -0.15) is 11.3 Å². The standard InChI is InChI=1S/C10H9NOS.ClH/c11-8-1-2-9(10(12)5-8)7-3-4-13-6-7;/h1-6,12H,11H2;1H. The van der Waals surface area contributed by atoms with E-state index in [1.807, 2.05) is 22.9 Å². The second-order valence-corrected chi connectivity index (χ2v) is 3.57. The van der Waals surface area contributed by atoms with Crippen LogP contribution in [0.2, 0.25) is 0 Å². The van der Waals surface area contributed by atoms with Crippen LogP contribution in [0.15, 0.2) is 35.0 Å². The highest BCUT2D eigenvalue weighted by Gasteiger charge is 2.03. The zero-order valence-electron chi connectivity index (χ0n) is 7.31. The SMILES string of the molecule is Cl.Nc1ccc(-c2ccsc2)c(O)c1. The van der Waals surface area contributed by atoms with E-state index < -0.39 is 0 Å². The van der Waals surface area contributed by atoms with Gasteiger partial charge in [-0.25, -0.2) is 0 Å². The molecular formula is C10H10ClNOS. The fraction of sp³-hybridized carbons (Fsp3) is 0. The second kappa shape index (κ2) is 4.35. The van der Waals surface area contributed by atoms with Gasteiger partial charge in [0, 0.05) is 17.3 Å². The van der Waals surface area contributed by atoms with Gasteiger partial charge in [-0.15, -0.1) is 12.4 Å². The molecule has 1 heterocycles. The molecule has 0 saturated carbocycles. The summed E-state index contributed by atoms with van der Waals surface area (Å²) in [6.45, 7) is 0. The summed E-state index contributed by atoms with van der Waals surface area (Å²) in [6.07, 6.45) is 0. The summed E-state index contributed by atoms with van der Waals surface area (Å²) in [5.74, 6) is 0.235. The summed E-state index contributed by atoms with van der Waals surface area (Å²) < 4.78 is 0. The molecule has 0 atom stereocenters. The van der Waals surface area contributed by atoms with Gasteiger partial charge in [0.1, 0.15) is 5.75 Å². The Bertz CT molecular complexity index is 414. The van der Waals surface area contributed by atoms with Crippen molar-refractivity contribution in [2.24, 2.45) is 0 Å². The first kappa shape index (κ1) is 10.9. The molecule has 0 fully saturated rings. The summed E-state index contributed by atoms with van der Waals surface area (Å²) in [7, 11) is 0. The molecule has 3 N–H and O–H groups in total. The third kappa shape index (κ3) is 2.00. The Morgan fingerprint density at radius 1 is 1.21 bits per heavy atom. The topological polar surface area (TPSA) is 46.2 Å². The first-order chi connectivity index (χ1) is 6.27. The molecule has 2 aromatic rings. The number of phenolic OH excluding ortho intramolecular Hbond substituents is 1. The van der Waals surface area contributed by atoms with Crippen molar-refractivity contribution in [2.45, 2.75) is 0 Å². The molecule has 0 bridgehead atoms. The Labute approximate surface area is 92.4 Å². The number of nitrogens with two attached hydrogens (primary N) is 1. The van der Waals surface area contributed by atoms with Crippen molar-refractivity contribution >= 4 is 29.4 Å². The molecule has 2 rings (SSSR count). The maximum absolute atomic E-state index is 9.59. The number of hydrogen-bond acceptors (Lipinski definition) is 3. The maximum Gasteiger partial charge on any atom is 0.125 e. The molecule has 0 saturated heterocycles. The number of benzene rings is 1. The van der Waals surface area contributed by atoms with E-state index >= 15 is 0 Å². The summed E-state index contributed by atoms with van der Waals surface area (Å²) in [4.78, 5) is 0. The molecule has 0 aliphatic heterocycles. The van der Waals surface area contributed by atoms with Crippen molar-refractivity contribution < 1.29 is 5.11 Å². The average molecular weight is 228 g/mol. The van der Waals surface area contributed by atoms with Crippen molar-refractivity contribution in [2.75, 3.05) is 5.73 Å². The molecule has 0 unspecified atom stereocenters. The van der Waals surface area contributed by atoms with Crippen LogP contribution in [0.1, 0.15) is 0 Å². The lowest BCUT2D eigenvalue weighted by atomic mass is 10.1. The normalized spacial score (nSPS) is 9.43. The van der Waals surface area contributed by atoms with E-state index in [2.05, 4.69) is 0 Å². The highest BCUT2D eigenvalue weighted by Crippen LogP contribution is 2.31. The number of aromatic hydroxyl groups is 1. The lowest BCUT2D eigenvalue weighted by Gasteiger charge is -2.02. The average Bonchev–Trinajstić information content (AvgIpc) is 2.56. The van der Waals surface area contributed by atoms with Gasteiger partial charge in [-0.05, 0) is 34.5 Å². The minimum absolute atomic E-state index is 0. The van der Waals surface area contributed by atoms with Gasteiger partial charge in [0.2, 0.25) is 0 Å². The van der Waals surface area contributed by atoms with Gasteiger partial charge < -0.3 is 10.8 Å². The van der Waals surface area contributed by atoms with Crippen molar-refractivity contribution in [1.29, 1.82) is 0 Å². The van der Waals surface area contributed by atoms with Crippen LogP contribution < -0.4 is 5.73 Å². The lowest BCUT2D eigenvalue weighted by Crippen LogP contribution is -1.84. The highest BCUT2D eigenvalue weighted by molar-refractivity contribution is 7.08. The van der Waals surface area contributed by atoms with Gasteiger partial charge in [-0.1, -0.05) is 0 Å². The molecule has 0 aliphatic carbocycles. The lowest BCUT2D eigenvalue weighted by molar-refractivity contribution is 0.477. The van der Waals surface area contributed by atoms with Crippen LogP contribution in [-0.4, -0.2) is 5.11 Å². The number of rotatable bonds is 1. The van der Waals surface area contributed by atoms with Crippen LogP contribution in [0.5, 0.6) is 5.75 Å². The number of thiophene rings is 1. The van der Waals surface area contributed by atoms with E-state index in [1.165, 1.54) is 0 Å². The van der Waals surface area contributed by atoms with Gasteiger partial charge in [0.25, 0.3) is 0 Å². The molecule has 0 aliphatic rings. The predicted octanol–water partition coefficient (Wildman–Crippen LogP) is 3.12. The number of anilines is 1. The van der Waals surface area contributed by atoms with Crippen LogP contribution in [-0.2, 0) is 0 Å². The highest BCUT2D eigenvalue weighted by atomic mass is 35.5. The Balaban J connectivity index is 0.000000980. The molecular weight excluding hydrogens is 218 g/mol. The predicted molar refractivity (Wildman–Crippen MR) is 63.1 cm³/mol. The largest absolute Gasteiger partial charge is 0.507 e. The van der Waals surface area contributed by atoms with E-state index in [9.17, 15) is 5.11 Å². The number of phenols is 1. The van der Waals surface area contributed by atoms with Crippen LogP contribution >= 0.6 is 23.7 Å². The Morgan fingerprint density at radius 2 is 2.00 bits per heavy atom. The molecule has 74 valence electrons. The Hall–Kier alpha value is -1.19. The second-order valence-electron chi connectivity index (χ2n) is 2.79. The van der Waals surface area contributed by atoms with E-state index in [4.69, 9.17) is 5.73 Å². The fourth-order valence-corrected chi connectivity index (χ4v) is 1.87. The molecule has 0 radical (unpaired) electrons. The first-order valence-corrected chi connectivity index (χ1v) is 4.83. The number of halogens is 1. The van der Waals surface area contributed by atoms with Crippen LogP contribution in [0.25, 0.3) is 11.1 Å². The van der Waals surface area contributed by atoms with E-state index in [0.717, 1.165) is 11.1 Å². The van der Waals surface area contributed by atoms with E-state index in [1.54, 1.807) is 23.5 Å². The van der Waals surface area contributed by atoms with Gasteiger partial charge in [-0.3, -0.25) is 0 Å². The van der Waals surface area contributed by atoms with Crippen LogP contribution in [0.3, 0.4) is 0 Å². The summed E-state index contributed by atoms with van der Waals surface area (Å²) in [5, 5.41) is 13.6. The van der Waals surface area contributed by atoms with E-state index in [0.29, 0.717) is 5.69 Å². The van der Waals surface area contributed by atoms with Crippen molar-refractivity contribution in [3.8, 4) is 16.9 Å². The minimum atomic E-state index is 0. The van der Waals surface area contributed by atoms with Gasteiger partial charge in [0.05, 0.1) is 0 Å². The van der Waals surface area contributed by atoms with Crippen molar-refractivity contribution in [1.82, 2.24) is 0 Å². The zero-order chi connectivity index (χ0) is 9.26. The van der Waals surface area contributed by atoms with E-state index in [-0.39, 0.29) is 18.2 Å². The summed E-state index contributed by atoms with van der Waals surface area (Å²) in [6, 6.07) is 7.14. The van der Waals surface area contributed by atoms with Gasteiger partial charge >= 0.3 is 0 Å². The summed E-state index contributed by atoms with van der Waals surface area (Å²) in [5.41, 5.74) is 7.96. The fourth-order valence-electron chi connectivity index (χ4n) is 1.21. The van der Waals surface area contributed by atoms with Crippen LogP contribution in [0.4, 0.5) is 5.69 Å². The molecule has 2 nitrogen and oxygen atoms in total. The zero-order valence-corrected chi connectivity index (χ0v) is 8.94. The molecule has 1 aromatic carbocycles. The summed E-state index contributed by atoms with van der Waals surface area (Å²) >= 11 is 1.60. The number of nitrogen functional groups attached to an aromatic ring is 1. The molecule has 0 amide bonds. The monoisotopic (exact) mass is 227 g/mol. The maximum atomic E-state index is 9.59. The molecule has 4 heteroatoms. The third-order valence-corrected chi connectivity index (χ3v) is 2.54.